The van der Waals surface area contributed by atoms with Crippen LogP contribution in [0.1, 0.15) is 73.4 Å². The van der Waals surface area contributed by atoms with Gasteiger partial charge in [0, 0.05) is 24.2 Å². The number of aliphatic carboxylic acids is 1. The van der Waals surface area contributed by atoms with E-state index < -0.39 is 29.3 Å². The van der Waals surface area contributed by atoms with E-state index >= 15 is 8.78 Å². The Kier molecular flexibility index (Phi) is 5.93. The molecular formula is C26H28F3NO2. The molecule has 3 nitrogen and oxygen atoms in total. The fourth-order valence-electron chi connectivity index (χ4n) is 4.74. The van der Waals surface area contributed by atoms with Gasteiger partial charge in [0.1, 0.15) is 17.3 Å². The maximum absolute atomic E-state index is 15.3. The zero-order chi connectivity index (χ0) is 23.2. The van der Waals surface area contributed by atoms with Crippen LogP contribution in [-0.2, 0) is 11.2 Å². The van der Waals surface area contributed by atoms with Gasteiger partial charge in [-0.05, 0) is 86.4 Å². The van der Waals surface area contributed by atoms with E-state index in [1.165, 1.54) is 19.4 Å². The van der Waals surface area contributed by atoms with Crippen molar-refractivity contribution in [3.8, 4) is 0 Å². The number of carboxylic acids is 1. The summed E-state index contributed by atoms with van der Waals surface area (Å²) in [5.74, 6) is -2.18. The molecule has 2 aliphatic rings. The van der Waals surface area contributed by atoms with Crippen LogP contribution in [-0.4, -0.2) is 34.2 Å². The number of rotatable bonds is 6. The number of carbonyl (C=O) groups is 1. The fraction of sp³-hybridized carbons (Fsp3) is 0.423. The molecule has 2 aromatic rings. The summed E-state index contributed by atoms with van der Waals surface area (Å²) in [5, 5.41) is 8.80. The highest BCUT2D eigenvalue weighted by Gasteiger charge is 2.39. The maximum Gasteiger partial charge on any atom is 0.328 e. The lowest BCUT2D eigenvalue weighted by atomic mass is 9.82. The van der Waals surface area contributed by atoms with Crippen molar-refractivity contribution < 1.29 is 23.1 Å². The van der Waals surface area contributed by atoms with Crippen LogP contribution >= 0.6 is 0 Å². The second kappa shape index (κ2) is 8.39. The Bertz CT molecular complexity index is 1050. The lowest BCUT2D eigenvalue weighted by molar-refractivity contribution is -0.131. The molecule has 1 aliphatic heterocycles. The monoisotopic (exact) mass is 443 g/mol. The molecule has 4 rings (SSSR count). The molecule has 170 valence electrons. The standard InChI is InChI=1S/C26H28F3NO2/c1-15-10-19-13-18(17-5-6-17)7-8-20(19)25(30(15)14-26(2,3)29)24-21(27)11-16(12-22(24)28)4-9-23(31)32/h4,7-9,11-13,15,17,25H,5-6,10,14H2,1-3H3,(H,31,32)/b9-4+/t15-,25+/m1/s1. The molecule has 1 fully saturated rings. The predicted octanol–water partition coefficient (Wildman–Crippen LogP) is 6.02. The summed E-state index contributed by atoms with van der Waals surface area (Å²) >= 11 is 0. The first kappa shape index (κ1) is 22.6. The third kappa shape index (κ3) is 4.75. The average molecular weight is 444 g/mol. The highest BCUT2D eigenvalue weighted by atomic mass is 19.1. The van der Waals surface area contributed by atoms with Crippen LogP contribution in [0.25, 0.3) is 6.08 Å². The van der Waals surface area contributed by atoms with Crippen LogP contribution in [0.4, 0.5) is 13.2 Å². The zero-order valence-electron chi connectivity index (χ0n) is 18.5. The van der Waals surface area contributed by atoms with Crippen molar-refractivity contribution in [2.45, 2.75) is 63.7 Å². The predicted molar refractivity (Wildman–Crippen MR) is 118 cm³/mol. The second-order valence-electron chi connectivity index (χ2n) is 9.65. The molecule has 1 aliphatic carbocycles. The molecule has 0 amide bonds. The summed E-state index contributed by atoms with van der Waals surface area (Å²) in [6.45, 7) is 4.93. The van der Waals surface area contributed by atoms with Crippen LogP contribution in [0, 0.1) is 11.6 Å². The summed E-state index contributed by atoms with van der Waals surface area (Å²) in [5.41, 5.74) is 1.54. The lowest BCUT2D eigenvalue weighted by Gasteiger charge is -2.44. The molecule has 0 radical (unpaired) electrons. The highest BCUT2D eigenvalue weighted by Crippen LogP contribution is 2.45. The third-order valence-electron chi connectivity index (χ3n) is 6.28. The van der Waals surface area contributed by atoms with Crippen molar-refractivity contribution >= 4 is 12.0 Å². The van der Waals surface area contributed by atoms with Gasteiger partial charge in [0.2, 0.25) is 0 Å². The summed E-state index contributed by atoms with van der Waals surface area (Å²) in [6.07, 6.45) is 5.00. The SMILES string of the molecule is C[C@@H]1Cc2cc(C3CC3)ccc2[C@@H](c2c(F)cc(/C=C/C(=O)O)cc2F)N1CC(C)(C)F. The Hall–Kier alpha value is -2.60. The number of nitrogens with zero attached hydrogens (tertiary/aromatic N) is 1. The summed E-state index contributed by atoms with van der Waals surface area (Å²) in [4.78, 5) is 12.6. The molecular weight excluding hydrogens is 415 g/mol. The van der Waals surface area contributed by atoms with Crippen molar-refractivity contribution in [1.82, 2.24) is 4.90 Å². The van der Waals surface area contributed by atoms with Gasteiger partial charge in [-0.1, -0.05) is 18.2 Å². The summed E-state index contributed by atoms with van der Waals surface area (Å²) < 4.78 is 45.4. The van der Waals surface area contributed by atoms with Crippen molar-refractivity contribution in [2.24, 2.45) is 0 Å². The molecule has 0 saturated heterocycles. The van der Waals surface area contributed by atoms with E-state index in [1.54, 1.807) is 0 Å². The van der Waals surface area contributed by atoms with Crippen LogP contribution in [0.5, 0.6) is 0 Å². The molecule has 0 aromatic heterocycles. The van der Waals surface area contributed by atoms with Gasteiger partial charge in [0.25, 0.3) is 0 Å². The Balaban J connectivity index is 1.83. The first-order valence-electron chi connectivity index (χ1n) is 11.0. The quantitative estimate of drug-likeness (QED) is 0.555. The van der Waals surface area contributed by atoms with E-state index in [0.717, 1.165) is 48.3 Å². The fourth-order valence-corrected chi connectivity index (χ4v) is 4.74. The van der Waals surface area contributed by atoms with E-state index in [4.69, 9.17) is 5.11 Å². The van der Waals surface area contributed by atoms with E-state index in [1.807, 2.05) is 24.0 Å². The lowest BCUT2D eigenvalue weighted by Crippen LogP contribution is -2.48. The molecule has 32 heavy (non-hydrogen) atoms. The van der Waals surface area contributed by atoms with Gasteiger partial charge in [-0.15, -0.1) is 0 Å². The first-order chi connectivity index (χ1) is 15.0. The number of halogens is 3. The van der Waals surface area contributed by atoms with Gasteiger partial charge < -0.3 is 5.11 Å². The second-order valence-corrected chi connectivity index (χ2v) is 9.65. The van der Waals surface area contributed by atoms with Gasteiger partial charge in [-0.2, -0.15) is 0 Å². The topological polar surface area (TPSA) is 40.5 Å². The molecule has 1 saturated carbocycles. The number of fused-ring (bicyclic) bond motifs is 1. The minimum Gasteiger partial charge on any atom is -0.478 e. The van der Waals surface area contributed by atoms with Gasteiger partial charge in [0.15, 0.2) is 0 Å². The van der Waals surface area contributed by atoms with Crippen molar-refractivity contribution in [3.05, 3.63) is 75.9 Å². The number of hydrogen-bond donors (Lipinski definition) is 1. The maximum atomic E-state index is 15.3. The van der Waals surface area contributed by atoms with Crippen LogP contribution in [0.2, 0.25) is 0 Å². The van der Waals surface area contributed by atoms with Crippen LogP contribution < -0.4 is 0 Å². The van der Waals surface area contributed by atoms with Crippen molar-refractivity contribution in [2.75, 3.05) is 6.54 Å². The Morgan fingerprint density at radius 1 is 1.19 bits per heavy atom. The molecule has 0 bridgehead atoms. The number of benzene rings is 2. The molecule has 2 aromatic carbocycles. The molecule has 0 spiro atoms. The van der Waals surface area contributed by atoms with Crippen LogP contribution in [0.3, 0.4) is 0 Å². The zero-order valence-corrected chi connectivity index (χ0v) is 18.5. The molecule has 6 heteroatoms. The highest BCUT2D eigenvalue weighted by molar-refractivity contribution is 5.85. The average Bonchev–Trinajstić information content (AvgIpc) is 3.52. The Morgan fingerprint density at radius 2 is 1.84 bits per heavy atom. The largest absolute Gasteiger partial charge is 0.478 e. The Labute approximate surface area is 186 Å². The van der Waals surface area contributed by atoms with Gasteiger partial charge in [0.05, 0.1) is 6.04 Å². The van der Waals surface area contributed by atoms with Crippen molar-refractivity contribution in [3.63, 3.8) is 0 Å². The molecule has 0 unspecified atom stereocenters. The molecule has 1 N–H and O–H groups in total. The molecule has 1 heterocycles. The number of hydrogen-bond acceptors (Lipinski definition) is 2. The van der Waals surface area contributed by atoms with Gasteiger partial charge in [-0.25, -0.2) is 18.0 Å². The third-order valence-corrected chi connectivity index (χ3v) is 6.28. The van der Waals surface area contributed by atoms with E-state index in [9.17, 15) is 9.18 Å². The summed E-state index contributed by atoms with van der Waals surface area (Å²) in [7, 11) is 0. The minimum absolute atomic E-state index is 0.0300. The van der Waals surface area contributed by atoms with Gasteiger partial charge >= 0.3 is 5.97 Å². The van der Waals surface area contributed by atoms with Crippen molar-refractivity contribution in [1.29, 1.82) is 0 Å². The van der Waals surface area contributed by atoms with Crippen LogP contribution in [0.15, 0.2) is 36.4 Å². The summed E-state index contributed by atoms with van der Waals surface area (Å²) in [6, 6.07) is 7.50. The smallest absolute Gasteiger partial charge is 0.328 e. The Morgan fingerprint density at radius 3 is 2.41 bits per heavy atom. The van der Waals surface area contributed by atoms with E-state index in [-0.39, 0.29) is 23.7 Å². The molecule has 2 atom stereocenters. The minimum atomic E-state index is -1.55. The van der Waals surface area contributed by atoms with E-state index in [2.05, 4.69) is 6.07 Å². The number of alkyl halides is 1. The normalized spacial score (nSPS) is 21.7. The van der Waals surface area contributed by atoms with E-state index in [0.29, 0.717) is 12.3 Å². The van der Waals surface area contributed by atoms with Gasteiger partial charge in [-0.3, -0.25) is 4.90 Å². The first-order valence-corrected chi connectivity index (χ1v) is 11.0. The number of carboxylic acid groups (broad SMARTS) is 1.